The average Bonchev–Trinajstić information content (AvgIpc) is 2.53. The molecular weight excluding hydrogens is 265 g/mol. The van der Waals surface area contributed by atoms with Gasteiger partial charge in [-0.15, -0.1) is 11.3 Å². The highest BCUT2D eigenvalue weighted by Crippen LogP contribution is 2.40. The Morgan fingerprint density at radius 3 is 2.56 bits per heavy atom. The van der Waals surface area contributed by atoms with E-state index in [0.717, 1.165) is 12.1 Å². The summed E-state index contributed by atoms with van der Waals surface area (Å²) >= 11 is 1.30. The van der Waals surface area contributed by atoms with Crippen molar-refractivity contribution in [3.05, 3.63) is 28.6 Å². The van der Waals surface area contributed by atoms with Crippen molar-refractivity contribution < 1.29 is 22.7 Å². The second kappa shape index (κ2) is 4.28. The average molecular weight is 274 g/mol. The summed E-state index contributed by atoms with van der Waals surface area (Å²) in [6.07, 6.45) is -4.41. The van der Waals surface area contributed by atoms with E-state index in [1.165, 1.54) is 24.3 Å². The van der Waals surface area contributed by atoms with Crippen molar-refractivity contribution in [1.29, 1.82) is 0 Å². The summed E-state index contributed by atoms with van der Waals surface area (Å²) in [5, 5.41) is 0.322. The second-order valence-electron chi connectivity index (χ2n) is 3.79. The van der Waals surface area contributed by atoms with Gasteiger partial charge in [0, 0.05) is 21.9 Å². The van der Waals surface area contributed by atoms with E-state index in [0.29, 0.717) is 15.0 Å². The van der Waals surface area contributed by atoms with Crippen LogP contribution in [0, 0.1) is 6.92 Å². The topological polar surface area (TPSA) is 26.3 Å². The van der Waals surface area contributed by atoms with Crippen LogP contribution >= 0.6 is 11.3 Å². The molecular formula is C12H9F3O2S. The Labute approximate surface area is 105 Å². The number of rotatable bonds is 1. The molecule has 0 unspecified atom stereocenters. The lowest BCUT2D eigenvalue weighted by Crippen LogP contribution is -2.05. The zero-order valence-electron chi connectivity index (χ0n) is 9.59. The van der Waals surface area contributed by atoms with Crippen LogP contribution in [0.2, 0.25) is 0 Å². The molecule has 0 aliphatic carbocycles. The molecule has 18 heavy (non-hydrogen) atoms. The van der Waals surface area contributed by atoms with E-state index in [1.807, 2.05) is 0 Å². The molecule has 0 aliphatic heterocycles. The van der Waals surface area contributed by atoms with Crippen LogP contribution in [0.1, 0.15) is 17.4 Å². The van der Waals surface area contributed by atoms with Crippen molar-refractivity contribution in [3.8, 4) is 5.75 Å². The van der Waals surface area contributed by atoms with E-state index in [4.69, 9.17) is 4.74 Å². The molecule has 0 saturated carbocycles. The van der Waals surface area contributed by atoms with Crippen molar-refractivity contribution in [3.63, 3.8) is 0 Å². The predicted octanol–water partition coefficient (Wildman–Crippen LogP) is 4.15. The molecule has 96 valence electrons. The maximum Gasteiger partial charge on any atom is 0.416 e. The highest BCUT2D eigenvalue weighted by molar-refractivity contribution is 7.19. The predicted molar refractivity (Wildman–Crippen MR) is 62.9 cm³/mol. The number of alkyl halides is 3. The molecule has 1 aromatic heterocycles. The van der Waals surface area contributed by atoms with Crippen molar-refractivity contribution in [2.75, 3.05) is 0 Å². The smallest absolute Gasteiger partial charge is 0.416 e. The molecule has 0 atom stereocenters. The van der Waals surface area contributed by atoms with E-state index >= 15 is 0 Å². The molecule has 0 saturated heterocycles. The minimum atomic E-state index is -4.41. The lowest BCUT2D eigenvalue weighted by molar-refractivity contribution is -0.137. The first-order chi connectivity index (χ1) is 8.29. The molecule has 0 aliphatic rings. The molecule has 1 heterocycles. The molecule has 6 heteroatoms. The number of carbonyl (C=O) groups is 1. The van der Waals surface area contributed by atoms with Crippen LogP contribution in [0.3, 0.4) is 0 Å². The van der Waals surface area contributed by atoms with Gasteiger partial charge in [0.2, 0.25) is 0 Å². The van der Waals surface area contributed by atoms with Crippen molar-refractivity contribution >= 4 is 27.4 Å². The van der Waals surface area contributed by atoms with E-state index in [1.54, 1.807) is 6.92 Å². The van der Waals surface area contributed by atoms with Gasteiger partial charge in [0.1, 0.15) is 0 Å². The van der Waals surface area contributed by atoms with Gasteiger partial charge in [0.05, 0.1) is 5.56 Å². The molecule has 1 aromatic carbocycles. The highest BCUT2D eigenvalue weighted by Gasteiger charge is 2.31. The molecule has 2 rings (SSSR count). The number of esters is 1. The summed E-state index contributed by atoms with van der Waals surface area (Å²) in [6.45, 7) is 2.92. The Balaban J connectivity index is 2.63. The normalized spacial score (nSPS) is 11.8. The first-order valence-electron chi connectivity index (χ1n) is 5.08. The lowest BCUT2D eigenvalue weighted by atomic mass is 10.1. The lowest BCUT2D eigenvalue weighted by Gasteiger charge is -2.07. The fourth-order valence-corrected chi connectivity index (χ4v) is 2.62. The summed E-state index contributed by atoms with van der Waals surface area (Å²) < 4.78 is 43.5. The molecule has 0 N–H and O–H groups in total. The van der Waals surface area contributed by atoms with Crippen molar-refractivity contribution in [2.45, 2.75) is 20.0 Å². The second-order valence-corrected chi connectivity index (χ2v) is 5.05. The maximum atomic E-state index is 12.6. The van der Waals surface area contributed by atoms with Crippen molar-refractivity contribution in [1.82, 2.24) is 0 Å². The highest BCUT2D eigenvalue weighted by atomic mass is 32.1. The number of fused-ring (bicyclic) bond motifs is 1. The largest absolute Gasteiger partial charge is 0.425 e. The van der Waals surface area contributed by atoms with Crippen LogP contribution in [0.25, 0.3) is 10.1 Å². The molecule has 0 radical (unpaired) electrons. The van der Waals surface area contributed by atoms with Gasteiger partial charge in [-0.25, -0.2) is 0 Å². The zero-order chi connectivity index (χ0) is 13.5. The molecule has 0 spiro atoms. The number of hydrogen-bond acceptors (Lipinski definition) is 3. The summed E-state index contributed by atoms with van der Waals surface area (Å²) in [5.74, 6) is -0.330. The molecule has 0 fully saturated rings. The van der Waals surface area contributed by atoms with Gasteiger partial charge in [-0.1, -0.05) is 0 Å². The summed E-state index contributed by atoms with van der Waals surface area (Å²) in [6, 6.07) is 3.43. The molecule has 0 bridgehead atoms. The maximum absolute atomic E-state index is 12.6. The quantitative estimate of drug-likeness (QED) is 0.730. The fourth-order valence-electron chi connectivity index (χ4n) is 1.64. The molecule has 0 amide bonds. The van der Waals surface area contributed by atoms with E-state index < -0.39 is 17.7 Å². The minimum Gasteiger partial charge on any atom is -0.425 e. The van der Waals surface area contributed by atoms with Gasteiger partial charge >= 0.3 is 12.1 Å². The summed E-state index contributed by atoms with van der Waals surface area (Å²) in [5.41, 5.74) is -0.749. The van der Waals surface area contributed by atoms with E-state index in [9.17, 15) is 18.0 Å². The number of hydrogen-bond donors (Lipinski definition) is 0. The van der Waals surface area contributed by atoms with Gasteiger partial charge in [0.15, 0.2) is 5.75 Å². The number of ether oxygens (including phenoxy) is 1. The van der Waals surface area contributed by atoms with Gasteiger partial charge in [-0.3, -0.25) is 4.79 Å². The number of benzene rings is 1. The third-order valence-electron chi connectivity index (χ3n) is 2.38. The number of carbonyl (C=O) groups excluding carboxylic acids is 1. The fraction of sp³-hybridized carbons (Fsp3) is 0.250. The number of thiophene rings is 1. The van der Waals surface area contributed by atoms with Crippen LogP contribution < -0.4 is 4.74 Å². The van der Waals surface area contributed by atoms with Gasteiger partial charge in [0.25, 0.3) is 0 Å². The van der Waals surface area contributed by atoms with Crippen molar-refractivity contribution in [2.24, 2.45) is 0 Å². The number of halogens is 3. The molecule has 2 aromatic rings. The van der Waals surface area contributed by atoms with Gasteiger partial charge in [-0.2, -0.15) is 13.2 Å². The monoisotopic (exact) mass is 274 g/mol. The van der Waals surface area contributed by atoms with Gasteiger partial charge in [-0.05, 0) is 25.1 Å². The Bertz CT molecular complexity index is 614. The Kier molecular flexibility index (Phi) is 3.06. The Hall–Kier alpha value is -1.56. The van der Waals surface area contributed by atoms with E-state index in [-0.39, 0.29) is 5.75 Å². The summed E-state index contributed by atoms with van der Waals surface area (Å²) in [4.78, 5) is 11.6. The first-order valence-corrected chi connectivity index (χ1v) is 5.89. The van der Waals surface area contributed by atoms with Crippen LogP contribution in [0.4, 0.5) is 13.2 Å². The molecule has 2 nitrogen and oxygen atoms in total. The van der Waals surface area contributed by atoms with Crippen LogP contribution in [0.15, 0.2) is 18.2 Å². The zero-order valence-corrected chi connectivity index (χ0v) is 10.4. The van der Waals surface area contributed by atoms with Gasteiger partial charge < -0.3 is 4.74 Å². The standard InChI is InChI=1S/C12H9F3O2S/c1-6-11(17-7(2)16)9-5-8(12(13,14)15)3-4-10(9)18-6/h3-5H,1-2H3. The SMILES string of the molecule is CC(=O)Oc1c(C)sc2ccc(C(F)(F)F)cc12. The van der Waals surface area contributed by atoms with Crippen LogP contribution in [0.5, 0.6) is 5.75 Å². The minimum absolute atomic E-state index is 0.216. The Morgan fingerprint density at radius 1 is 1.33 bits per heavy atom. The Morgan fingerprint density at radius 2 is 2.00 bits per heavy atom. The van der Waals surface area contributed by atoms with Crippen LogP contribution in [-0.2, 0) is 11.0 Å². The summed E-state index contributed by atoms with van der Waals surface area (Å²) in [7, 11) is 0. The number of aryl methyl sites for hydroxylation is 1. The van der Waals surface area contributed by atoms with E-state index in [2.05, 4.69) is 0 Å². The third kappa shape index (κ3) is 2.33. The third-order valence-corrected chi connectivity index (χ3v) is 3.45. The first kappa shape index (κ1) is 12.9. The van der Waals surface area contributed by atoms with Crippen LogP contribution in [-0.4, -0.2) is 5.97 Å².